The average Bonchev–Trinajstić information content (AvgIpc) is 3.21. The minimum absolute atomic E-state index is 0.215. The van der Waals surface area contributed by atoms with Crippen molar-refractivity contribution in [2.75, 3.05) is 13.2 Å². The fraction of sp³-hybridized carbons (Fsp3) is 0.522. The first-order valence-electron chi connectivity index (χ1n) is 10.5. The molecule has 4 saturated carbocycles. The molecule has 0 unspecified atom stereocenters. The van der Waals surface area contributed by atoms with Gasteiger partial charge in [0.2, 0.25) is 0 Å². The Morgan fingerprint density at radius 3 is 2.38 bits per heavy atom. The van der Waals surface area contributed by atoms with E-state index in [2.05, 4.69) is 10.3 Å². The molecule has 4 bridgehead atoms. The lowest BCUT2D eigenvalue weighted by molar-refractivity contribution is -0.126. The van der Waals surface area contributed by atoms with Gasteiger partial charge in [-0.1, -0.05) is 30.3 Å². The van der Waals surface area contributed by atoms with E-state index in [0.717, 1.165) is 34.9 Å². The number of aromatic nitrogens is 1. The van der Waals surface area contributed by atoms with Crippen LogP contribution < -0.4 is 5.32 Å². The molecule has 4 fully saturated rings. The van der Waals surface area contributed by atoms with Gasteiger partial charge >= 0.3 is 5.97 Å². The first-order valence-corrected chi connectivity index (χ1v) is 11.4. The molecule has 1 N–H and O–H groups in total. The third-order valence-corrected chi connectivity index (χ3v) is 7.79. The Kier molecular flexibility index (Phi) is 4.90. The highest BCUT2D eigenvalue weighted by Crippen LogP contribution is 2.59. The highest BCUT2D eigenvalue weighted by molar-refractivity contribution is 7.13. The summed E-state index contributed by atoms with van der Waals surface area (Å²) in [6, 6.07) is 9.71. The summed E-state index contributed by atoms with van der Waals surface area (Å²) >= 11 is 1.40. The number of ether oxygens (including phenoxy) is 1. The van der Waals surface area contributed by atoms with Gasteiger partial charge in [0.25, 0.3) is 5.91 Å². The summed E-state index contributed by atoms with van der Waals surface area (Å²) in [7, 11) is 0. The minimum atomic E-state index is -0.548. The number of benzene rings is 1. The van der Waals surface area contributed by atoms with E-state index in [1.807, 2.05) is 30.3 Å². The second-order valence-electron chi connectivity index (χ2n) is 9.17. The Morgan fingerprint density at radius 2 is 1.72 bits per heavy atom. The third-order valence-electron chi connectivity index (χ3n) is 6.89. The van der Waals surface area contributed by atoms with Gasteiger partial charge in [0.1, 0.15) is 5.01 Å². The van der Waals surface area contributed by atoms with Gasteiger partial charge in [-0.2, -0.15) is 0 Å². The van der Waals surface area contributed by atoms with E-state index in [9.17, 15) is 9.59 Å². The van der Waals surface area contributed by atoms with Gasteiger partial charge in [0.05, 0.1) is 0 Å². The quantitative estimate of drug-likeness (QED) is 0.721. The standard InChI is InChI=1S/C23H26N2O3S/c26-20(24-14-23-9-15-6-16(10-23)8-17(7-15)11-23)12-28-22(27)19-13-29-21(25-19)18-4-2-1-3-5-18/h1-5,13,15-17H,6-12,14H2,(H,24,26). The van der Waals surface area contributed by atoms with Gasteiger partial charge in [0, 0.05) is 17.5 Å². The number of carbonyl (C=O) groups is 2. The summed E-state index contributed by atoms with van der Waals surface area (Å²) in [4.78, 5) is 28.9. The van der Waals surface area contributed by atoms with Crippen molar-refractivity contribution in [1.29, 1.82) is 0 Å². The summed E-state index contributed by atoms with van der Waals surface area (Å²) in [6.07, 6.45) is 7.93. The van der Waals surface area contributed by atoms with E-state index in [-0.39, 0.29) is 23.6 Å². The van der Waals surface area contributed by atoms with E-state index in [1.165, 1.54) is 49.9 Å². The topological polar surface area (TPSA) is 68.3 Å². The summed E-state index contributed by atoms with van der Waals surface area (Å²) in [5.74, 6) is 1.82. The largest absolute Gasteiger partial charge is 0.451 e. The summed E-state index contributed by atoms with van der Waals surface area (Å²) in [6.45, 7) is 0.477. The first kappa shape index (κ1) is 18.8. The van der Waals surface area contributed by atoms with Gasteiger partial charge in [-0.05, 0) is 61.7 Å². The predicted octanol–water partition coefficient (Wildman–Crippen LogP) is 4.30. The van der Waals surface area contributed by atoms with Crippen molar-refractivity contribution in [3.05, 3.63) is 41.4 Å². The highest BCUT2D eigenvalue weighted by atomic mass is 32.1. The number of amides is 1. The monoisotopic (exact) mass is 410 g/mol. The molecule has 1 amide bonds. The van der Waals surface area contributed by atoms with Crippen molar-refractivity contribution in [3.63, 3.8) is 0 Å². The molecule has 0 spiro atoms. The zero-order valence-corrected chi connectivity index (χ0v) is 17.2. The second kappa shape index (κ2) is 7.56. The van der Waals surface area contributed by atoms with Crippen molar-refractivity contribution in [2.45, 2.75) is 38.5 Å². The fourth-order valence-electron chi connectivity index (χ4n) is 6.13. The number of thiazole rings is 1. The summed E-state index contributed by atoms with van der Waals surface area (Å²) < 4.78 is 5.20. The van der Waals surface area contributed by atoms with E-state index in [4.69, 9.17) is 4.74 Å². The van der Waals surface area contributed by atoms with E-state index in [0.29, 0.717) is 0 Å². The van der Waals surface area contributed by atoms with Gasteiger partial charge in [-0.15, -0.1) is 11.3 Å². The number of nitrogens with one attached hydrogen (secondary N) is 1. The lowest BCUT2D eigenvalue weighted by Crippen LogP contribution is -2.51. The zero-order valence-electron chi connectivity index (χ0n) is 16.4. The number of esters is 1. The summed E-state index contributed by atoms with van der Waals surface area (Å²) in [5, 5.41) is 5.49. The molecule has 4 aliphatic carbocycles. The lowest BCUT2D eigenvalue weighted by Gasteiger charge is -2.56. The lowest BCUT2D eigenvalue weighted by atomic mass is 9.49. The maximum absolute atomic E-state index is 12.3. The van der Waals surface area contributed by atoms with Crippen LogP contribution in [0, 0.1) is 23.2 Å². The summed E-state index contributed by atoms with van der Waals surface area (Å²) in [5.41, 5.74) is 1.50. The van der Waals surface area contributed by atoms with Crippen LogP contribution in [0.15, 0.2) is 35.7 Å². The Morgan fingerprint density at radius 1 is 1.07 bits per heavy atom. The van der Waals surface area contributed by atoms with Crippen LogP contribution in [0.2, 0.25) is 0 Å². The molecule has 0 atom stereocenters. The van der Waals surface area contributed by atoms with Crippen molar-refractivity contribution >= 4 is 23.2 Å². The molecule has 1 heterocycles. The average molecular weight is 411 g/mol. The van der Waals surface area contributed by atoms with E-state index >= 15 is 0 Å². The zero-order chi connectivity index (χ0) is 19.8. The third kappa shape index (κ3) is 3.95. The van der Waals surface area contributed by atoms with Crippen LogP contribution in [0.1, 0.15) is 49.0 Å². The van der Waals surface area contributed by atoms with Gasteiger partial charge in [-0.25, -0.2) is 9.78 Å². The molecule has 0 aliphatic heterocycles. The van der Waals surface area contributed by atoms with Crippen LogP contribution in [0.25, 0.3) is 10.6 Å². The van der Waals surface area contributed by atoms with Crippen molar-refractivity contribution in [2.24, 2.45) is 23.2 Å². The Labute approximate surface area is 174 Å². The Hall–Kier alpha value is -2.21. The number of carbonyl (C=O) groups excluding carboxylic acids is 2. The van der Waals surface area contributed by atoms with Crippen LogP contribution in [0.3, 0.4) is 0 Å². The predicted molar refractivity (Wildman–Crippen MR) is 111 cm³/mol. The van der Waals surface area contributed by atoms with Crippen LogP contribution in [-0.4, -0.2) is 30.0 Å². The van der Waals surface area contributed by atoms with Gasteiger partial charge < -0.3 is 10.1 Å². The second-order valence-corrected chi connectivity index (χ2v) is 10.0. The van der Waals surface area contributed by atoms with Crippen LogP contribution in [0.4, 0.5) is 0 Å². The molecule has 1 aromatic heterocycles. The number of hydrogen-bond acceptors (Lipinski definition) is 5. The number of hydrogen-bond donors (Lipinski definition) is 1. The molecular formula is C23H26N2O3S. The molecule has 6 heteroatoms. The van der Waals surface area contributed by atoms with Crippen LogP contribution in [-0.2, 0) is 9.53 Å². The van der Waals surface area contributed by atoms with Crippen molar-refractivity contribution in [1.82, 2.24) is 10.3 Å². The normalized spacial score (nSPS) is 29.6. The Bertz CT molecular complexity index is 873. The SMILES string of the molecule is O=C(COC(=O)c1csc(-c2ccccc2)n1)NCC12CC3CC(CC(C3)C1)C2. The molecule has 152 valence electrons. The minimum Gasteiger partial charge on any atom is -0.451 e. The van der Waals surface area contributed by atoms with E-state index < -0.39 is 5.97 Å². The molecule has 0 saturated heterocycles. The molecule has 1 aromatic carbocycles. The molecule has 5 nitrogen and oxygen atoms in total. The number of nitrogens with zero attached hydrogens (tertiary/aromatic N) is 1. The highest BCUT2D eigenvalue weighted by Gasteiger charge is 2.50. The molecule has 2 aromatic rings. The molecule has 4 aliphatic rings. The van der Waals surface area contributed by atoms with Gasteiger partial charge in [-0.3, -0.25) is 4.79 Å². The molecule has 29 heavy (non-hydrogen) atoms. The number of rotatable bonds is 6. The molecule has 0 radical (unpaired) electrons. The molecular weight excluding hydrogens is 384 g/mol. The Balaban J connectivity index is 1.12. The smallest absolute Gasteiger partial charge is 0.358 e. The van der Waals surface area contributed by atoms with Crippen LogP contribution in [0.5, 0.6) is 0 Å². The fourth-order valence-corrected chi connectivity index (χ4v) is 6.92. The van der Waals surface area contributed by atoms with E-state index in [1.54, 1.807) is 5.38 Å². The maximum atomic E-state index is 12.3. The van der Waals surface area contributed by atoms with Crippen LogP contribution >= 0.6 is 11.3 Å². The maximum Gasteiger partial charge on any atom is 0.358 e. The van der Waals surface area contributed by atoms with Gasteiger partial charge in [0.15, 0.2) is 12.3 Å². The first-order chi connectivity index (χ1) is 14.1. The van der Waals surface area contributed by atoms with Crippen molar-refractivity contribution in [3.8, 4) is 10.6 Å². The van der Waals surface area contributed by atoms with Crippen molar-refractivity contribution < 1.29 is 14.3 Å². The molecule has 6 rings (SSSR count).